The molecule has 1 saturated heterocycles. The molecule has 0 spiro atoms. The van der Waals surface area contributed by atoms with Gasteiger partial charge in [0.1, 0.15) is 5.54 Å². The molecule has 1 aliphatic rings. The Morgan fingerprint density at radius 3 is 2.67 bits per heavy atom. The number of carbonyl (C=O) groups is 1. The van der Waals surface area contributed by atoms with Gasteiger partial charge in [0.2, 0.25) is 0 Å². The summed E-state index contributed by atoms with van der Waals surface area (Å²) in [6.45, 7) is 2.39. The van der Waals surface area contributed by atoms with E-state index in [-0.39, 0.29) is 11.5 Å². The molecule has 0 amide bonds. The van der Waals surface area contributed by atoms with Crippen LogP contribution in [0.2, 0.25) is 0 Å². The third-order valence-corrected chi connectivity index (χ3v) is 4.46. The zero-order valence-electron chi connectivity index (χ0n) is 9.08. The smallest absolute Gasteiger partial charge is 0.327 e. The highest BCUT2D eigenvalue weighted by Gasteiger charge is 2.45. The van der Waals surface area contributed by atoms with Crippen LogP contribution in [0.15, 0.2) is 0 Å². The summed E-state index contributed by atoms with van der Waals surface area (Å²) in [5.41, 5.74) is -1.03. The fraction of sp³-hybridized carbons (Fsp3) is 0.889. The van der Waals surface area contributed by atoms with Crippen molar-refractivity contribution in [2.75, 3.05) is 25.2 Å². The number of methoxy groups -OCH3 is 1. The van der Waals surface area contributed by atoms with Gasteiger partial charge in [0.05, 0.1) is 18.6 Å². The zero-order valence-corrected chi connectivity index (χ0v) is 9.89. The molecule has 0 aromatic heterocycles. The first-order valence-corrected chi connectivity index (χ1v) is 6.82. The maximum Gasteiger partial charge on any atom is 0.327 e. The van der Waals surface area contributed by atoms with Gasteiger partial charge in [-0.1, -0.05) is 6.92 Å². The van der Waals surface area contributed by atoms with Gasteiger partial charge in [0, 0.05) is 0 Å². The van der Waals surface area contributed by atoms with Crippen molar-refractivity contribution in [3.63, 3.8) is 0 Å². The summed E-state index contributed by atoms with van der Waals surface area (Å²) < 4.78 is 27.7. The predicted octanol–water partition coefficient (Wildman–Crippen LogP) is -0.284. The Morgan fingerprint density at radius 1 is 1.53 bits per heavy atom. The largest absolute Gasteiger partial charge is 0.468 e. The minimum atomic E-state index is -3.13. The van der Waals surface area contributed by atoms with E-state index in [0.29, 0.717) is 19.4 Å². The van der Waals surface area contributed by atoms with Crippen LogP contribution in [0.25, 0.3) is 0 Å². The molecule has 1 fully saturated rings. The van der Waals surface area contributed by atoms with Gasteiger partial charge in [0.25, 0.3) is 0 Å². The summed E-state index contributed by atoms with van der Waals surface area (Å²) in [7, 11) is -1.85. The molecule has 0 aromatic rings. The van der Waals surface area contributed by atoms with E-state index in [1.807, 2.05) is 6.92 Å². The van der Waals surface area contributed by atoms with Crippen LogP contribution in [-0.4, -0.2) is 45.1 Å². The number of carbonyl (C=O) groups excluding carboxylic acids is 1. The molecule has 5 nitrogen and oxygen atoms in total. The van der Waals surface area contributed by atoms with E-state index in [1.165, 1.54) is 7.11 Å². The first-order valence-electron chi connectivity index (χ1n) is 4.99. The fourth-order valence-corrected chi connectivity index (χ4v) is 3.86. The Balaban J connectivity index is 2.95. The second-order valence-electron chi connectivity index (χ2n) is 3.80. The maximum absolute atomic E-state index is 11.6. The molecule has 1 N–H and O–H groups in total. The van der Waals surface area contributed by atoms with Crippen LogP contribution in [0.1, 0.15) is 19.8 Å². The summed E-state index contributed by atoms with van der Waals surface area (Å²) >= 11 is 0. The molecule has 1 rings (SSSR count). The minimum Gasteiger partial charge on any atom is -0.468 e. The third-order valence-electron chi connectivity index (χ3n) is 2.62. The highest BCUT2D eigenvalue weighted by Crippen LogP contribution is 2.24. The molecule has 0 aromatic carbocycles. The molecule has 0 bridgehead atoms. The summed E-state index contributed by atoms with van der Waals surface area (Å²) in [5, 5.41) is 2.95. The van der Waals surface area contributed by atoms with Gasteiger partial charge in [-0.3, -0.25) is 4.79 Å². The number of hydrogen-bond donors (Lipinski definition) is 1. The number of hydrogen-bond acceptors (Lipinski definition) is 5. The van der Waals surface area contributed by atoms with E-state index in [0.717, 1.165) is 0 Å². The second-order valence-corrected chi connectivity index (χ2v) is 5.98. The number of nitrogens with one attached hydrogen (secondary N) is 1. The molecule has 0 radical (unpaired) electrons. The van der Waals surface area contributed by atoms with Crippen LogP contribution in [0.3, 0.4) is 0 Å². The normalized spacial score (nSPS) is 29.7. The third kappa shape index (κ3) is 2.69. The summed E-state index contributed by atoms with van der Waals surface area (Å²) in [6, 6.07) is 0. The molecule has 0 saturated carbocycles. The predicted molar refractivity (Wildman–Crippen MR) is 56.3 cm³/mol. The van der Waals surface area contributed by atoms with Crippen molar-refractivity contribution in [1.29, 1.82) is 0 Å². The summed E-state index contributed by atoms with van der Waals surface area (Å²) in [4.78, 5) is 11.6. The van der Waals surface area contributed by atoms with Gasteiger partial charge >= 0.3 is 5.97 Å². The van der Waals surface area contributed by atoms with Crippen LogP contribution >= 0.6 is 0 Å². The summed E-state index contributed by atoms with van der Waals surface area (Å²) in [6.07, 6.45) is 1.02. The molecule has 0 aliphatic carbocycles. The van der Waals surface area contributed by atoms with Crippen molar-refractivity contribution in [2.24, 2.45) is 0 Å². The lowest BCUT2D eigenvalue weighted by Gasteiger charge is -2.34. The lowest BCUT2D eigenvalue weighted by molar-refractivity contribution is -0.148. The number of sulfone groups is 1. The minimum absolute atomic E-state index is 0.152. The van der Waals surface area contributed by atoms with Crippen molar-refractivity contribution in [2.45, 2.75) is 25.3 Å². The molecule has 1 heterocycles. The van der Waals surface area contributed by atoms with Gasteiger partial charge in [-0.25, -0.2) is 8.42 Å². The number of esters is 1. The van der Waals surface area contributed by atoms with Gasteiger partial charge < -0.3 is 10.1 Å². The Labute approximate surface area is 90.1 Å². The van der Waals surface area contributed by atoms with E-state index in [1.54, 1.807) is 0 Å². The highest BCUT2D eigenvalue weighted by molar-refractivity contribution is 7.91. The van der Waals surface area contributed by atoms with Crippen molar-refractivity contribution in [1.82, 2.24) is 5.32 Å². The Kier molecular flexibility index (Phi) is 3.72. The Bertz CT molecular complexity index is 334. The second kappa shape index (κ2) is 4.49. The first kappa shape index (κ1) is 12.4. The molecule has 1 atom stereocenters. The monoisotopic (exact) mass is 235 g/mol. The van der Waals surface area contributed by atoms with Crippen LogP contribution in [0, 0.1) is 0 Å². The van der Waals surface area contributed by atoms with Crippen LogP contribution in [0.4, 0.5) is 0 Å². The first-order chi connectivity index (χ1) is 6.96. The number of likely N-dealkylation sites (N-methyl/N-ethyl adjacent to an activating group) is 1. The molecule has 1 aliphatic heterocycles. The van der Waals surface area contributed by atoms with Crippen LogP contribution in [-0.2, 0) is 19.4 Å². The highest BCUT2D eigenvalue weighted by atomic mass is 32.2. The van der Waals surface area contributed by atoms with E-state index in [9.17, 15) is 13.2 Å². The van der Waals surface area contributed by atoms with Crippen LogP contribution < -0.4 is 5.32 Å². The molecule has 88 valence electrons. The van der Waals surface area contributed by atoms with Crippen molar-refractivity contribution < 1.29 is 17.9 Å². The molecule has 1 unspecified atom stereocenters. The fourth-order valence-electron chi connectivity index (χ4n) is 2.02. The number of rotatable bonds is 3. The summed E-state index contributed by atoms with van der Waals surface area (Å²) in [5.74, 6) is -0.467. The van der Waals surface area contributed by atoms with Crippen molar-refractivity contribution >= 4 is 15.8 Å². The molecule has 15 heavy (non-hydrogen) atoms. The SMILES string of the molecule is CCNC1(C(=O)OC)CCCS(=O)(=O)C1. The standard InChI is InChI=1S/C9H17NO4S/c1-3-10-9(8(11)14-2)5-4-6-15(12,13)7-9/h10H,3-7H2,1-2H3. The van der Waals surface area contributed by atoms with Crippen molar-refractivity contribution in [3.05, 3.63) is 0 Å². The zero-order chi connectivity index (χ0) is 11.5. The van der Waals surface area contributed by atoms with Crippen molar-refractivity contribution in [3.8, 4) is 0 Å². The van der Waals surface area contributed by atoms with Gasteiger partial charge in [0.15, 0.2) is 9.84 Å². The lowest BCUT2D eigenvalue weighted by Crippen LogP contribution is -2.59. The van der Waals surface area contributed by atoms with Gasteiger partial charge in [-0.05, 0) is 19.4 Å². The van der Waals surface area contributed by atoms with Gasteiger partial charge in [-0.2, -0.15) is 0 Å². The van der Waals surface area contributed by atoms with E-state index >= 15 is 0 Å². The average Bonchev–Trinajstić information content (AvgIpc) is 2.15. The molecular formula is C9H17NO4S. The lowest BCUT2D eigenvalue weighted by atomic mass is 9.95. The molecular weight excluding hydrogens is 218 g/mol. The number of ether oxygens (including phenoxy) is 1. The van der Waals surface area contributed by atoms with Gasteiger partial charge in [-0.15, -0.1) is 0 Å². The average molecular weight is 235 g/mol. The van der Waals surface area contributed by atoms with Crippen LogP contribution in [0.5, 0.6) is 0 Å². The molecule has 6 heteroatoms. The van der Waals surface area contributed by atoms with E-state index in [4.69, 9.17) is 0 Å². The maximum atomic E-state index is 11.6. The quantitative estimate of drug-likeness (QED) is 0.681. The van der Waals surface area contributed by atoms with E-state index in [2.05, 4.69) is 10.1 Å². The Hall–Kier alpha value is -0.620. The Morgan fingerprint density at radius 2 is 2.20 bits per heavy atom. The van der Waals surface area contributed by atoms with E-state index < -0.39 is 21.3 Å². The topological polar surface area (TPSA) is 72.5 Å².